The molecule has 0 spiro atoms. The second-order valence-corrected chi connectivity index (χ2v) is 5.40. The van der Waals surface area contributed by atoms with E-state index in [1.807, 2.05) is 26.0 Å². The van der Waals surface area contributed by atoms with Crippen molar-refractivity contribution in [1.29, 1.82) is 0 Å². The highest BCUT2D eigenvalue weighted by molar-refractivity contribution is 5.99. The molecule has 2 unspecified atom stereocenters. The first-order chi connectivity index (χ1) is 9.49. The van der Waals surface area contributed by atoms with Gasteiger partial charge < -0.3 is 15.3 Å². The Hall–Kier alpha value is -1.88. The Morgan fingerprint density at radius 1 is 1.30 bits per heavy atom. The molecule has 1 fully saturated rings. The highest BCUT2D eigenvalue weighted by Crippen LogP contribution is 2.23. The first-order valence-corrected chi connectivity index (χ1v) is 6.79. The largest absolute Gasteiger partial charge is 0.480 e. The highest BCUT2D eigenvalue weighted by Gasteiger charge is 2.34. The summed E-state index contributed by atoms with van der Waals surface area (Å²) in [5.74, 6) is -1.05. The maximum atomic E-state index is 12.6. The van der Waals surface area contributed by atoms with Crippen LogP contribution in [0, 0.1) is 18.8 Å². The zero-order chi connectivity index (χ0) is 14.7. The summed E-state index contributed by atoms with van der Waals surface area (Å²) in [6.45, 7) is 5.07. The van der Waals surface area contributed by atoms with Crippen molar-refractivity contribution in [2.45, 2.75) is 13.8 Å². The van der Waals surface area contributed by atoms with Gasteiger partial charge in [-0.05, 0) is 31.5 Å². The van der Waals surface area contributed by atoms with Gasteiger partial charge in [-0.3, -0.25) is 9.59 Å². The lowest BCUT2D eigenvalue weighted by Crippen LogP contribution is -2.42. The van der Waals surface area contributed by atoms with E-state index in [1.54, 1.807) is 12.1 Å². The Kier molecular flexibility index (Phi) is 4.39. The van der Waals surface area contributed by atoms with Crippen molar-refractivity contribution >= 4 is 17.6 Å². The topological polar surface area (TPSA) is 69.6 Å². The number of hydrogen-bond donors (Lipinski definition) is 2. The first-order valence-electron chi connectivity index (χ1n) is 6.79. The van der Waals surface area contributed by atoms with E-state index < -0.39 is 5.97 Å². The van der Waals surface area contributed by atoms with Crippen LogP contribution in [0.15, 0.2) is 24.3 Å². The molecule has 1 heterocycles. The number of hydrogen-bond acceptors (Lipinski definition) is 3. The second-order valence-electron chi connectivity index (χ2n) is 5.40. The fourth-order valence-electron chi connectivity index (χ4n) is 2.50. The molecule has 5 nitrogen and oxygen atoms in total. The van der Waals surface area contributed by atoms with Crippen LogP contribution >= 0.6 is 0 Å². The number of carbonyl (C=O) groups excluding carboxylic acids is 1. The van der Waals surface area contributed by atoms with Crippen LogP contribution in [-0.4, -0.2) is 36.6 Å². The number of amides is 1. The molecule has 108 valence electrons. The molecular weight excluding hydrogens is 256 g/mol. The van der Waals surface area contributed by atoms with Crippen LogP contribution in [-0.2, 0) is 9.59 Å². The molecular formula is C15H20N2O3. The Morgan fingerprint density at radius 3 is 2.45 bits per heavy atom. The molecule has 0 aliphatic carbocycles. The summed E-state index contributed by atoms with van der Waals surface area (Å²) in [7, 11) is 0. The van der Waals surface area contributed by atoms with Gasteiger partial charge in [0.15, 0.2) is 0 Å². The first kappa shape index (κ1) is 14.5. The second kappa shape index (κ2) is 6.05. The lowest BCUT2D eigenvalue weighted by Gasteiger charge is -2.25. The van der Waals surface area contributed by atoms with Gasteiger partial charge in [-0.1, -0.05) is 24.6 Å². The van der Waals surface area contributed by atoms with E-state index >= 15 is 0 Å². The summed E-state index contributed by atoms with van der Waals surface area (Å²) in [4.78, 5) is 25.0. The van der Waals surface area contributed by atoms with Crippen molar-refractivity contribution in [3.8, 4) is 0 Å². The highest BCUT2D eigenvalue weighted by atomic mass is 16.4. The van der Waals surface area contributed by atoms with Crippen molar-refractivity contribution in [2.24, 2.45) is 11.8 Å². The molecule has 0 radical (unpaired) electrons. The molecule has 1 aromatic rings. The SMILES string of the molecule is Cc1ccc(N(CC(=O)O)C(=O)C2CNCC2C)cc1. The summed E-state index contributed by atoms with van der Waals surface area (Å²) < 4.78 is 0. The molecule has 0 saturated carbocycles. The number of carboxylic acid groups (broad SMARTS) is 1. The molecule has 1 aliphatic heterocycles. The summed E-state index contributed by atoms with van der Waals surface area (Å²) >= 11 is 0. The standard InChI is InChI=1S/C15H20N2O3/c1-10-3-5-12(6-4-10)17(9-14(18)19)15(20)13-8-16-7-11(13)2/h3-6,11,13,16H,7-9H2,1-2H3,(H,18,19). The lowest BCUT2D eigenvalue weighted by molar-refractivity contribution is -0.137. The van der Waals surface area contributed by atoms with Gasteiger partial charge in [-0.15, -0.1) is 0 Å². The summed E-state index contributed by atoms with van der Waals surface area (Å²) in [6.07, 6.45) is 0. The molecule has 2 rings (SSSR count). The van der Waals surface area contributed by atoms with Gasteiger partial charge in [0.2, 0.25) is 5.91 Å². The van der Waals surface area contributed by atoms with Gasteiger partial charge in [0.1, 0.15) is 6.54 Å². The molecule has 2 N–H and O–H groups in total. The van der Waals surface area contributed by atoms with Gasteiger partial charge in [0.25, 0.3) is 0 Å². The van der Waals surface area contributed by atoms with Crippen molar-refractivity contribution in [1.82, 2.24) is 5.32 Å². The van der Waals surface area contributed by atoms with Crippen LogP contribution in [0.4, 0.5) is 5.69 Å². The molecule has 20 heavy (non-hydrogen) atoms. The predicted molar refractivity (Wildman–Crippen MR) is 76.7 cm³/mol. The van der Waals surface area contributed by atoms with Crippen LogP contribution in [0.5, 0.6) is 0 Å². The normalized spacial score (nSPS) is 21.7. The smallest absolute Gasteiger partial charge is 0.323 e. The summed E-state index contributed by atoms with van der Waals surface area (Å²) in [6, 6.07) is 7.36. The Balaban J connectivity index is 2.24. The maximum Gasteiger partial charge on any atom is 0.323 e. The van der Waals surface area contributed by atoms with E-state index in [-0.39, 0.29) is 24.3 Å². The fraction of sp³-hybridized carbons (Fsp3) is 0.467. The number of carbonyl (C=O) groups is 2. The van der Waals surface area contributed by atoms with E-state index in [9.17, 15) is 9.59 Å². The minimum absolute atomic E-state index is 0.117. The number of anilines is 1. The van der Waals surface area contributed by atoms with Gasteiger partial charge in [0, 0.05) is 12.2 Å². The average Bonchev–Trinajstić information content (AvgIpc) is 2.82. The lowest BCUT2D eigenvalue weighted by atomic mass is 9.96. The number of aryl methyl sites for hydroxylation is 1. The van der Waals surface area contributed by atoms with Crippen LogP contribution in [0.2, 0.25) is 0 Å². The number of aliphatic carboxylic acids is 1. The monoisotopic (exact) mass is 276 g/mol. The third-order valence-corrected chi connectivity index (χ3v) is 3.74. The zero-order valence-electron chi connectivity index (χ0n) is 11.8. The summed E-state index contributed by atoms with van der Waals surface area (Å²) in [5, 5.41) is 12.2. The molecule has 1 aliphatic rings. The molecule has 0 aromatic heterocycles. The minimum Gasteiger partial charge on any atom is -0.480 e. The maximum absolute atomic E-state index is 12.6. The Morgan fingerprint density at radius 2 is 1.95 bits per heavy atom. The van der Waals surface area contributed by atoms with Crippen molar-refractivity contribution in [3.05, 3.63) is 29.8 Å². The number of rotatable bonds is 4. The third-order valence-electron chi connectivity index (χ3n) is 3.74. The molecule has 2 atom stereocenters. The van der Waals surface area contributed by atoms with E-state index in [2.05, 4.69) is 5.32 Å². The van der Waals surface area contributed by atoms with Crippen LogP contribution in [0.25, 0.3) is 0 Å². The van der Waals surface area contributed by atoms with Crippen molar-refractivity contribution in [2.75, 3.05) is 24.5 Å². The Labute approximate surface area is 118 Å². The molecule has 0 bridgehead atoms. The summed E-state index contributed by atoms with van der Waals surface area (Å²) in [5.41, 5.74) is 1.72. The van der Waals surface area contributed by atoms with Crippen LogP contribution in [0.3, 0.4) is 0 Å². The number of carboxylic acids is 1. The molecule has 1 aromatic carbocycles. The van der Waals surface area contributed by atoms with Crippen LogP contribution in [0.1, 0.15) is 12.5 Å². The number of benzene rings is 1. The van der Waals surface area contributed by atoms with Crippen LogP contribution < -0.4 is 10.2 Å². The van der Waals surface area contributed by atoms with Crippen molar-refractivity contribution < 1.29 is 14.7 Å². The van der Waals surface area contributed by atoms with Gasteiger partial charge in [-0.2, -0.15) is 0 Å². The van der Waals surface area contributed by atoms with E-state index in [4.69, 9.17) is 5.11 Å². The third kappa shape index (κ3) is 3.17. The van der Waals surface area contributed by atoms with Gasteiger partial charge >= 0.3 is 5.97 Å². The minimum atomic E-state index is -1.00. The predicted octanol–water partition coefficient (Wildman–Crippen LogP) is 1.27. The zero-order valence-corrected chi connectivity index (χ0v) is 11.8. The van der Waals surface area contributed by atoms with Crippen molar-refractivity contribution in [3.63, 3.8) is 0 Å². The van der Waals surface area contributed by atoms with E-state index in [0.717, 1.165) is 12.1 Å². The molecule has 1 amide bonds. The van der Waals surface area contributed by atoms with E-state index in [0.29, 0.717) is 12.2 Å². The van der Waals surface area contributed by atoms with Gasteiger partial charge in [0.05, 0.1) is 5.92 Å². The number of nitrogens with zero attached hydrogens (tertiary/aromatic N) is 1. The fourth-order valence-corrected chi connectivity index (χ4v) is 2.50. The molecule has 1 saturated heterocycles. The molecule has 5 heteroatoms. The quantitative estimate of drug-likeness (QED) is 0.869. The van der Waals surface area contributed by atoms with E-state index in [1.165, 1.54) is 4.90 Å². The van der Waals surface area contributed by atoms with Gasteiger partial charge in [-0.25, -0.2) is 0 Å². The average molecular weight is 276 g/mol. The number of nitrogens with one attached hydrogen (secondary N) is 1. The Bertz CT molecular complexity index is 498.